The number of hydrogen-bond donors (Lipinski definition) is 2. The monoisotopic (exact) mass is 539 g/mol. The van der Waals surface area contributed by atoms with Gasteiger partial charge in [-0.05, 0) is 48.6 Å². The van der Waals surface area contributed by atoms with E-state index in [4.69, 9.17) is 4.74 Å². The molecule has 0 unspecified atom stereocenters. The number of anilines is 1. The lowest BCUT2D eigenvalue weighted by Gasteiger charge is -2.34. The molecule has 202 valence electrons. The molecule has 2 atom stereocenters. The number of piperazine rings is 1. The van der Waals surface area contributed by atoms with Gasteiger partial charge in [0, 0.05) is 36.9 Å². The number of nitrogens with one attached hydrogen (secondary N) is 1. The quantitative estimate of drug-likeness (QED) is 0.331. The highest BCUT2D eigenvalue weighted by molar-refractivity contribution is 5.99. The van der Waals surface area contributed by atoms with Crippen molar-refractivity contribution in [1.82, 2.24) is 20.3 Å². The lowest BCUT2D eigenvalue weighted by Crippen LogP contribution is -2.51. The van der Waals surface area contributed by atoms with Gasteiger partial charge in [-0.1, -0.05) is 24.3 Å². The average molecular weight is 540 g/mol. The standard InChI is InChI=1S/C28H25F4N5O2/c29-22-23(20-10-18(38)9-15-3-1-2-4-19(15)20)33-11-21-24(22)35-26(39-14-27(7-8-27)28(30,31)32)36-25(21)37-12-16-5-6-17(13-37)34-16/h1-4,9-11,16-17,34,38H,5-8,12-14H2/t16-,17+. The minimum atomic E-state index is -4.40. The summed E-state index contributed by atoms with van der Waals surface area (Å²) in [5.74, 6) is -0.411. The number of benzene rings is 2. The Balaban J connectivity index is 1.36. The van der Waals surface area contributed by atoms with Gasteiger partial charge in [-0.3, -0.25) is 4.98 Å². The van der Waals surface area contributed by atoms with Gasteiger partial charge in [0.05, 0.1) is 5.39 Å². The summed E-state index contributed by atoms with van der Waals surface area (Å²) in [5, 5.41) is 15.6. The molecule has 2 bridgehead atoms. The minimum Gasteiger partial charge on any atom is -0.508 e. The largest absolute Gasteiger partial charge is 0.508 e. The Kier molecular flexibility index (Phi) is 5.39. The molecule has 1 saturated carbocycles. The highest BCUT2D eigenvalue weighted by atomic mass is 19.4. The number of pyridine rings is 1. The molecule has 0 amide bonds. The van der Waals surface area contributed by atoms with Crippen molar-refractivity contribution in [3.8, 4) is 23.0 Å². The number of alkyl halides is 3. The Hall–Kier alpha value is -3.73. The average Bonchev–Trinajstić information content (AvgIpc) is 3.65. The zero-order valence-corrected chi connectivity index (χ0v) is 20.8. The normalized spacial score (nSPS) is 22.0. The number of phenols is 1. The SMILES string of the molecule is Oc1cc(-c2ncc3c(N4C[C@H]5CC[C@@H](C4)N5)nc(OCC4(C(F)(F)F)CC4)nc3c2F)c2ccccc2c1. The van der Waals surface area contributed by atoms with Crippen LogP contribution in [-0.2, 0) is 0 Å². The van der Waals surface area contributed by atoms with Crippen LogP contribution in [-0.4, -0.2) is 58.0 Å². The van der Waals surface area contributed by atoms with Crippen LogP contribution < -0.4 is 15.0 Å². The van der Waals surface area contributed by atoms with Gasteiger partial charge >= 0.3 is 12.2 Å². The predicted molar refractivity (Wildman–Crippen MR) is 137 cm³/mol. The van der Waals surface area contributed by atoms with Crippen molar-refractivity contribution >= 4 is 27.5 Å². The molecule has 0 spiro atoms. The molecule has 2 aromatic carbocycles. The molecule has 4 aromatic rings. The number of aromatic nitrogens is 3. The Bertz CT molecular complexity index is 1590. The molecule has 7 rings (SSSR count). The fourth-order valence-electron chi connectivity index (χ4n) is 5.84. The van der Waals surface area contributed by atoms with Crippen LogP contribution in [0.25, 0.3) is 32.9 Å². The second-order valence-corrected chi connectivity index (χ2v) is 10.8. The van der Waals surface area contributed by atoms with Gasteiger partial charge in [-0.15, -0.1) is 0 Å². The third kappa shape index (κ3) is 4.10. The molecule has 7 nitrogen and oxygen atoms in total. The van der Waals surface area contributed by atoms with E-state index in [1.54, 1.807) is 24.3 Å². The first-order valence-electron chi connectivity index (χ1n) is 13.0. The predicted octanol–water partition coefficient (Wildman–Crippen LogP) is 5.35. The highest BCUT2D eigenvalue weighted by Gasteiger charge is 2.64. The number of phenolic OH excluding ortho intramolecular Hbond substituents is 1. The van der Waals surface area contributed by atoms with Crippen molar-refractivity contribution in [3.63, 3.8) is 0 Å². The van der Waals surface area contributed by atoms with Crippen LogP contribution in [0.5, 0.6) is 11.8 Å². The van der Waals surface area contributed by atoms with Crippen molar-refractivity contribution in [3.05, 3.63) is 48.4 Å². The van der Waals surface area contributed by atoms with Gasteiger partial charge in [-0.25, -0.2) is 4.39 Å². The van der Waals surface area contributed by atoms with Gasteiger partial charge in [0.2, 0.25) is 0 Å². The van der Waals surface area contributed by atoms with Crippen LogP contribution in [0.4, 0.5) is 23.4 Å². The molecule has 2 aliphatic heterocycles. The topological polar surface area (TPSA) is 83.4 Å². The van der Waals surface area contributed by atoms with Crippen molar-refractivity contribution in [2.75, 3.05) is 24.6 Å². The molecule has 3 fully saturated rings. The number of fused-ring (bicyclic) bond motifs is 4. The molecule has 2 N–H and O–H groups in total. The molecule has 2 saturated heterocycles. The number of aromatic hydroxyl groups is 1. The van der Waals surface area contributed by atoms with Crippen LogP contribution in [0, 0.1) is 11.2 Å². The first-order chi connectivity index (χ1) is 18.7. The highest BCUT2D eigenvalue weighted by Crippen LogP contribution is 2.57. The zero-order valence-electron chi connectivity index (χ0n) is 20.8. The summed E-state index contributed by atoms with van der Waals surface area (Å²) in [4.78, 5) is 15.2. The maximum absolute atomic E-state index is 16.3. The van der Waals surface area contributed by atoms with Crippen molar-refractivity contribution in [1.29, 1.82) is 0 Å². The van der Waals surface area contributed by atoms with Gasteiger partial charge in [0.15, 0.2) is 5.82 Å². The maximum atomic E-state index is 16.3. The molecule has 39 heavy (non-hydrogen) atoms. The fraction of sp³-hybridized carbons (Fsp3) is 0.393. The van der Waals surface area contributed by atoms with Crippen LogP contribution in [0.1, 0.15) is 25.7 Å². The number of nitrogens with zero attached hydrogens (tertiary/aromatic N) is 4. The van der Waals surface area contributed by atoms with Gasteiger partial charge < -0.3 is 20.1 Å². The third-order valence-corrected chi connectivity index (χ3v) is 8.19. The lowest BCUT2D eigenvalue weighted by molar-refractivity contribution is -0.194. The van der Waals surface area contributed by atoms with E-state index in [9.17, 15) is 18.3 Å². The van der Waals surface area contributed by atoms with Crippen molar-refractivity contribution in [2.45, 2.75) is 43.9 Å². The molecular formula is C28H25F4N5O2. The van der Waals surface area contributed by atoms with E-state index in [0.29, 0.717) is 40.6 Å². The van der Waals surface area contributed by atoms with E-state index in [-0.39, 0.29) is 47.9 Å². The summed E-state index contributed by atoms with van der Waals surface area (Å²) < 4.78 is 62.5. The van der Waals surface area contributed by atoms with Crippen LogP contribution in [0.2, 0.25) is 0 Å². The van der Waals surface area contributed by atoms with E-state index in [1.807, 2.05) is 11.0 Å². The zero-order chi connectivity index (χ0) is 26.9. The molecule has 1 aliphatic carbocycles. The second kappa shape index (κ2) is 8.64. The summed E-state index contributed by atoms with van der Waals surface area (Å²) in [5.41, 5.74) is -1.65. The van der Waals surface area contributed by atoms with Crippen molar-refractivity contribution in [2.24, 2.45) is 5.41 Å². The van der Waals surface area contributed by atoms with E-state index >= 15 is 4.39 Å². The molecule has 3 aliphatic rings. The van der Waals surface area contributed by atoms with Crippen molar-refractivity contribution < 1.29 is 27.4 Å². The summed E-state index contributed by atoms with van der Waals surface area (Å²) >= 11 is 0. The fourth-order valence-corrected chi connectivity index (χ4v) is 5.84. The minimum absolute atomic E-state index is 0.0227. The third-order valence-electron chi connectivity index (χ3n) is 8.19. The molecule has 11 heteroatoms. The van der Waals surface area contributed by atoms with E-state index in [2.05, 4.69) is 20.3 Å². The number of ether oxygens (including phenoxy) is 1. The number of halogens is 4. The molecule has 0 radical (unpaired) electrons. The number of rotatable bonds is 5. The lowest BCUT2D eigenvalue weighted by atomic mass is 10.00. The number of hydrogen-bond acceptors (Lipinski definition) is 7. The Morgan fingerprint density at radius 2 is 1.79 bits per heavy atom. The first kappa shape index (κ1) is 24.3. The maximum Gasteiger partial charge on any atom is 0.397 e. The summed E-state index contributed by atoms with van der Waals surface area (Å²) in [6, 6.07) is 10.4. The van der Waals surface area contributed by atoms with E-state index < -0.39 is 24.0 Å². The van der Waals surface area contributed by atoms with Crippen LogP contribution in [0.15, 0.2) is 42.6 Å². The summed E-state index contributed by atoms with van der Waals surface area (Å²) in [6.07, 6.45) is -0.945. The Morgan fingerprint density at radius 1 is 1.05 bits per heavy atom. The van der Waals surface area contributed by atoms with E-state index in [0.717, 1.165) is 12.8 Å². The van der Waals surface area contributed by atoms with Gasteiger partial charge in [0.25, 0.3) is 0 Å². The molecule has 4 heterocycles. The smallest absolute Gasteiger partial charge is 0.397 e. The van der Waals surface area contributed by atoms with Crippen LogP contribution >= 0.6 is 0 Å². The summed E-state index contributed by atoms with van der Waals surface area (Å²) in [6.45, 7) is 0.620. The first-order valence-corrected chi connectivity index (χ1v) is 13.0. The van der Waals surface area contributed by atoms with Crippen LogP contribution in [0.3, 0.4) is 0 Å². The van der Waals surface area contributed by atoms with E-state index in [1.165, 1.54) is 12.3 Å². The summed E-state index contributed by atoms with van der Waals surface area (Å²) in [7, 11) is 0. The Labute approximate surface area is 220 Å². The second-order valence-electron chi connectivity index (χ2n) is 10.8. The molecule has 2 aromatic heterocycles. The molecular weight excluding hydrogens is 514 g/mol. The Morgan fingerprint density at radius 3 is 2.51 bits per heavy atom. The van der Waals surface area contributed by atoms with Gasteiger partial charge in [-0.2, -0.15) is 23.1 Å². The van der Waals surface area contributed by atoms with Gasteiger partial charge in [0.1, 0.15) is 34.8 Å².